The molecule has 0 radical (unpaired) electrons. The Morgan fingerprint density at radius 1 is 1.13 bits per heavy atom. The van der Waals surface area contributed by atoms with Crippen LogP contribution in [0, 0.1) is 12.8 Å². The van der Waals surface area contributed by atoms with E-state index < -0.39 is 0 Å². The molecular weight excluding hydrogens is 402 g/mol. The molecule has 4 rings (SSSR count). The summed E-state index contributed by atoms with van der Waals surface area (Å²) in [5, 5.41) is 4.89. The zero-order chi connectivity index (χ0) is 21.8. The van der Waals surface area contributed by atoms with Crippen molar-refractivity contribution in [3.63, 3.8) is 0 Å². The second-order valence-corrected chi connectivity index (χ2v) is 9.98. The number of aromatic nitrogens is 2. The molecule has 1 saturated carbocycles. The van der Waals surface area contributed by atoms with Crippen molar-refractivity contribution < 1.29 is 4.74 Å². The van der Waals surface area contributed by atoms with Crippen molar-refractivity contribution in [1.82, 2.24) is 9.97 Å². The average molecular weight is 436 g/mol. The van der Waals surface area contributed by atoms with Crippen molar-refractivity contribution in [2.24, 2.45) is 5.92 Å². The van der Waals surface area contributed by atoms with Gasteiger partial charge in [-0.15, -0.1) is 11.3 Å². The first-order chi connectivity index (χ1) is 15.0. The largest absolute Gasteiger partial charge is 0.495 e. The summed E-state index contributed by atoms with van der Waals surface area (Å²) in [6.45, 7) is 7.45. The minimum absolute atomic E-state index is 0.479. The summed E-state index contributed by atoms with van der Waals surface area (Å²) in [4.78, 5) is 10.6. The van der Waals surface area contributed by atoms with Crippen molar-refractivity contribution in [3.05, 3.63) is 59.0 Å². The average Bonchev–Trinajstić information content (AvgIpc) is 3.29. The molecule has 0 unspecified atom stereocenters. The predicted octanol–water partition coefficient (Wildman–Crippen LogP) is 7.03. The molecule has 31 heavy (non-hydrogen) atoms. The van der Waals surface area contributed by atoms with Crippen LogP contribution < -0.4 is 10.1 Å². The summed E-state index contributed by atoms with van der Waals surface area (Å²) < 4.78 is 5.35. The Balaban J connectivity index is 1.31. The molecule has 1 N–H and O–H groups in total. The number of nitrogens with one attached hydrogen (secondary N) is 1. The molecule has 2 aromatic heterocycles. The number of nitrogens with zero attached hydrogens (tertiary/aromatic N) is 2. The van der Waals surface area contributed by atoms with E-state index >= 15 is 0 Å². The summed E-state index contributed by atoms with van der Waals surface area (Å²) in [7, 11) is 1.71. The highest BCUT2D eigenvalue weighted by atomic mass is 32.1. The molecule has 164 valence electrons. The van der Waals surface area contributed by atoms with Gasteiger partial charge in [0.1, 0.15) is 5.75 Å². The molecule has 1 aliphatic carbocycles. The molecular formula is C26H33N3OS. The third-order valence-corrected chi connectivity index (χ3v) is 7.65. The van der Waals surface area contributed by atoms with E-state index in [9.17, 15) is 0 Å². The van der Waals surface area contributed by atoms with Crippen molar-refractivity contribution in [2.75, 3.05) is 19.0 Å². The minimum Gasteiger partial charge on any atom is -0.495 e. The van der Waals surface area contributed by atoms with E-state index in [2.05, 4.69) is 60.5 Å². The lowest BCUT2D eigenvalue weighted by Gasteiger charge is -2.29. The maximum absolute atomic E-state index is 5.35. The SMILES string of the molecule is COc1ccc(C2CCC(CNc3cccc(-c4cnc(C(C)C)s4)c3)CC2)nc1C. The number of methoxy groups -OCH3 is 1. The predicted molar refractivity (Wildman–Crippen MR) is 130 cm³/mol. The lowest BCUT2D eigenvalue weighted by atomic mass is 9.80. The van der Waals surface area contributed by atoms with E-state index in [-0.39, 0.29) is 0 Å². The molecule has 1 aliphatic rings. The fourth-order valence-electron chi connectivity index (χ4n) is 4.41. The van der Waals surface area contributed by atoms with Gasteiger partial charge in [0, 0.05) is 36.0 Å². The van der Waals surface area contributed by atoms with Crippen molar-refractivity contribution in [2.45, 2.75) is 58.3 Å². The van der Waals surface area contributed by atoms with Crippen molar-refractivity contribution in [3.8, 4) is 16.2 Å². The number of hydrogen-bond donors (Lipinski definition) is 1. The van der Waals surface area contributed by atoms with Crippen molar-refractivity contribution >= 4 is 17.0 Å². The van der Waals surface area contributed by atoms with Crippen LogP contribution in [0.5, 0.6) is 5.75 Å². The van der Waals surface area contributed by atoms with Gasteiger partial charge >= 0.3 is 0 Å². The maximum Gasteiger partial charge on any atom is 0.140 e. The topological polar surface area (TPSA) is 47.0 Å². The van der Waals surface area contributed by atoms with Crippen molar-refractivity contribution in [1.29, 1.82) is 0 Å². The number of rotatable bonds is 7. The molecule has 0 spiro atoms. The molecule has 0 saturated heterocycles. The van der Waals surface area contributed by atoms with Crippen LogP contribution in [-0.2, 0) is 0 Å². The number of ether oxygens (including phenoxy) is 1. The van der Waals surface area contributed by atoms with E-state index in [1.165, 1.54) is 52.5 Å². The smallest absolute Gasteiger partial charge is 0.140 e. The summed E-state index contributed by atoms with van der Waals surface area (Å²) >= 11 is 1.80. The standard InChI is InChI=1S/C26H33N3OS/c1-17(2)26-28-16-25(31-26)21-6-5-7-22(14-21)27-15-19-8-10-20(11-9-19)23-12-13-24(30-4)18(3)29-23/h5-7,12-14,16-17,19-20,27H,8-11,15H2,1-4H3. The van der Waals surface area contributed by atoms with Crippen LogP contribution in [0.1, 0.15) is 67.8 Å². The minimum atomic E-state index is 0.479. The van der Waals surface area contributed by atoms with E-state index in [0.29, 0.717) is 11.8 Å². The number of hydrogen-bond acceptors (Lipinski definition) is 5. The highest BCUT2D eigenvalue weighted by molar-refractivity contribution is 7.15. The fourth-order valence-corrected chi connectivity index (χ4v) is 5.32. The highest BCUT2D eigenvalue weighted by Gasteiger charge is 2.23. The first-order valence-corrected chi connectivity index (χ1v) is 12.2. The molecule has 1 aromatic carbocycles. The van der Waals surface area contributed by atoms with Crippen LogP contribution in [0.15, 0.2) is 42.6 Å². The second-order valence-electron chi connectivity index (χ2n) is 8.92. The number of thiazole rings is 1. The number of anilines is 1. The zero-order valence-electron chi connectivity index (χ0n) is 19.0. The van der Waals surface area contributed by atoms with Gasteiger partial charge in [0.25, 0.3) is 0 Å². The molecule has 0 atom stereocenters. The molecule has 5 heteroatoms. The lowest BCUT2D eigenvalue weighted by molar-refractivity contribution is 0.334. The molecule has 0 aliphatic heterocycles. The van der Waals surface area contributed by atoms with Crippen LogP contribution in [0.4, 0.5) is 5.69 Å². The van der Waals surface area contributed by atoms with Crippen LogP contribution >= 0.6 is 11.3 Å². The maximum atomic E-state index is 5.35. The van der Waals surface area contributed by atoms with E-state index in [1.54, 1.807) is 18.4 Å². The number of benzene rings is 1. The van der Waals surface area contributed by atoms with E-state index in [1.807, 2.05) is 13.1 Å². The van der Waals surface area contributed by atoms with Gasteiger partial charge < -0.3 is 10.1 Å². The molecule has 3 aromatic rings. The Bertz CT molecular complexity index is 1010. The molecule has 1 fully saturated rings. The Labute approximate surface area is 190 Å². The van der Waals surface area contributed by atoms with Gasteiger partial charge in [-0.25, -0.2) is 4.98 Å². The highest BCUT2D eigenvalue weighted by Crippen LogP contribution is 2.36. The Morgan fingerprint density at radius 3 is 2.61 bits per heavy atom. The van der Waals surface area contributed by atoms with Crippen LogP contribution in [0.3, 0.4) is 0 Å². The van der Waals surface area contributed by atoms with Crippen LogP contribution in [-0.4, -0.2) is 23.6 Å². The number of aryl methyl sites for hydroxylation is 1. The van der Waals surface area contributed by atoms with Gasteiger partial charge in [-0.2, -0.15) is 0 Å². The quantitative estimate of drug-likeness (QED) is 0.433. The Hall–Kier alpha value is -2.40. The monoisotopic (exact) mass is 435 g/mol. The fraction of sp³-hybridized carbons (Fsp3) is 0.462. The van der Waals surface area contributed by atoms with Crippen LogP contribution in [0.2, 0.25) is 0 Å². The lowest BCUT2D eigenvalue weighted by Crippen LogP contribution is -2.21. The first kappa shape index (κ1) is 21.8. The van der Waals surface area contributed by atoms with Gasteiger partial charge in [0.2, 0.25) is 0 Å². The van der Waals surface area contributed by atoms with Gasteiger partial charge in [-0.05, 0) is 68.4 Å². The van der Waals surface area contributed by atoms with E-state index in [4.69, 9.17) is 9.72 Å². The summed E-state index contributed by atoms with van der Waals surface area (Å²) in [6, 6.07) is 13.0. The summed E-state index contributed by atoms with van der Waals surface area (Å²) in [5.41, 5.74) is 4.67. The molecule has 0 amide bonds. The second kappa shape index (κ2) is 9.82. The van der Waals surface area contributed by atoms with Gasteiger partial charge in [-0.3, -0.25) is 4.98 Å². The molecule has 2 heterocycles. The summed E-state index contributed by atoms with van der Waals surface area (Å²) in [6.07, 6.45) is 6.93. The van der Waals surface area contributed by atoms with Gasteiger partial charge in [0.05, 0.1) is 22.7 Å². The summed E-state index contributed by atoms with van der Waals surface area (Å²) in [5.74, 6) is 2.65. The zero-order valence-corrected chi connectivity index (χ0v) is 19.8. The van der Waals surface area contributed by atoms with Gasteiger partial charge in [0.15, 0.2) is 0 Å². The first-order valence-electron chi connectivity index (χ1n) is 11.3. The molecule has 4 nitrogen and oxygen atoms in total. The normalized spacial score (nSPS) is 18.9. The molecule has 0 bridgehead atoms. The third kappa shape index (κ3) is 5.27. The number of pyridine rings is 1. The Morgan fingerprint density at radius 2 is 1.94 bits per heavy atom. The Kier molecular flexibility index (Phi) is 6.91. The van der Waals surface area contributed by atoms with E-state index in [0.717, 1.165) is 23.9 Å². The van der Waals surface area contributed by atoms with Gasteiger partial charge in [-0.1, -0.05) is 26.0 Å². The van der Waals surface area contributed by atoms with Crippen LogP contribution in [0.25, 0.3) is 10.4 Å². The third-order valence-electron chi connectivity index (χ3n) is 6.30.